The Bertz CT molecular complexity index is 622. The van der Waals surface area contributed by atoms with Crippen molar-refractivity contribution in [2.75, 3.05) is 12.5 Å². The number of nitrogens with zero attached hydrogens (tertiary/aromatic N) is 2. The molecular formula is C13H15ClN2O2. The van der Waals surface area contributed by atoms with Crippen LogP contribution in [-0.4, -0.2) is 22.0 Å². The largest absolute Gasteiger partial charge is 0.493 e. The molecule has 0 fully saturated rings. The van der Waals surface area contributed by atoms with E-state index in [2.05, 4.69) is 4.98 Å². The van der Waals surface area contributed by atoms with Gasteiger partial charge in [-0.2, -0.15) is 0 Å². The number of aryl methyl sites for hydroxylation is 1. The second-order valence-corrected chi connectivity index (χ2v) is 4.27. The highest BCUT2D eigenvalue weighted by molar-refractivity contribution is 6.17. The summed E-state index contributed by atoms with van der Waals surface area (Å²) >= 11 is 5.71. The summed E-state index contributed by atoms with van der Waals surface area (Å²) in [4.78, 5) is 16.8. The number of aromatic nitrogens is 2. The fourth-order valence-corrected chi connectivity index (χ4v) is 2.14. The SMILES string of the molecule is CCOc1cccc2nc(C)n(CCCl)c(=O)c12. The van der Waals surface area contributed by atoms with Crippen LogP contribution < -0.4 is 10.3 Å². The van der Waals surface area contributed by atoms with Crippen molar-refractivity contribution in [2.24, 2.45) is 0 Å². The number of alkyl halides is 1. The predicted molar refractivity (Wildman–Crippen MR) is 72.6 cm³/mol. The van der Waals surface area contributed by atoms with Gasteiger partial charge in [0.2, 0.25) is 0 Å². The quantitative estimate of drug-likeness (QED) is 0.798. The Balaban J connectivity index is 2.76. The zero-order valence-electron chi connectivity index (χ0n) is 10.4. The second kappa shape index (κ2) is 5.40. The van der Waals surface area contributed by atoms with E-state index < -0.39 is 0 Å². The van der Waals surface area contributed by atoms with Gasteiger partial charge in [0, 0.05) is 12.4 Å². The summed E-state index contributed by atoms with van der Waals surface area (Å²) in [6.45, 7) is 4.66. The first-order valence-corrected chi connectivity index (χ1v) is 6.41. The van der Waals surface area contributed by atoms with Crippen LogP contribution >= 0.6 is 11.6 Å². The van der Waals surface area contributed by atoms with E-state index in [1.54, 1.807) is 17.6 Å². The normalized spacial score (nSPS) is 10.8. The fourth-order valence-electron chi connectivity index (χ4n) is 1.97. The van der Waals surface area contributed by atoms with Crippen molar-refractivity contribution in [2.45, 2.75) is 20.4 Å². The summed E-state index contributed by atoms with van der Waals surface area (Å²) in [5.41, 5.74) is 0.566. The Labute approximate surface area is 110 Å². The molecule has 0 amide bonds. The summed E-state index contributed by atoms with van der Waals surface area (Å²) in [5, 5.41) is 0.523. The topological polar surface area (TPSA) is 44.1 Å². The van der Waals surface area contributed by atoms with E-state index in [1.165, 1.54) is 0 Å². The Morgan fingerprint density at radius 2 is 2.22 bits per heavy atom. The molecule has 0 saturated heterocycles. The summed E-state index contributed by atoms with van der Waals surface area (Å²) in [5.74, 6) is 1.63. The Morgan fingerprint density at radius 3 is 2.89 bits per heavy atom. The maximum Gasteiger partial charge on any atom is 0.265 e. The van der Waals surface area contributed by atoms with E-state index in [-0.39, 0.29) is 5.56 Å². The summed E-state index contributed by atoms with van der Waals surface area (Å²) < 4.78 is 7.07. The fraction of sp³-hybridized carbons (Fsp3) is 0.385. The van der Waals surface area contributed by atoms with Gasteiger partial charge in [-0.1, -0.05) is 6.07 Å². The van der Waals surface area contributed by atoms with Gasteiger partial charge < -0.3 is 4.74 Å². The van der Waals surface area contributed by atoms with Gasteiger partial charge >= 0.3 is 0 Å². The third kappa shape index (κ3) is 2.20. The third-order valence-corrected chi connectivity index (χ3v) is 2.91. The molecule has 0 saturated carbocycles. The van der Waals surface area contributed by atoms with E-state index in [1.807, 2.05) is 19.1 Å². The second-order valence-electron chi connectivity index (χ2n) is 3.89. The zero-order valence-corrected chi connectivity index (χ0v) is 11.2. The molecule has 2 rings (SSSR count). The molecule has 0 atom stereocenters. The van der Waals surface area contributed by atoms with Gasteiger partial charge in [0.25, 0.3) is 5.56 Å². The standard InChI is InChI=1S/C13H15ClN2O2/c1-3-18-11-6-4-5-10-12(11)13(17)16(8-7-14)9(2)15-10/h4-6H,3,7-8H2,1-2H3. The summed E-state index contributed by atoms with van der Waals surface area (Å²) in [7, 11) is 0. The lowest BCUT2D eigenvalue weighted by molar-refractivity contribution is 0.344. The number of benzene rings is 1. The molecule has 18 heavy (non-hydrogen) atoms. The third-order valence-electron chi connectivity index (χ3n) is 2.74. The van der Waals surface area contributed by atoms with Gasteiger partial charge in [0.1, 0.15) is 17.0 Å². The Morgan fingerprint density at radius 1 is 1.44 bits per heavy atom. The van der Waals surface area contributed by atoms with Gasteiger partial charge in [-0.25, -0.2) is 4.98 Å². The first kappa shape index (κ1) is 12.9. The van der Waals surface area contributed by atoms with Crippen molar-refractivity contribution in [3.8, 4) is 5.75 Å². The van der Waals surface area contributed by atoms with Crippen molar-refractivity contribution < 1.29 is 4.74 Å². The van der Waals surface area contributed by atoms with Crippen molar-refractivity contribution in [1.82, 2.24) is 9.55 Å². The monoisotopic (exact) mass is 266 g/mol. The Hall–Kier alpha value is -1.55. The molecule has 1 heterocycles. The molecule has 96 valence electrons. The van der Waals surface area contributed by atoms with Gasteiger partial charge in [0.15, 0.2) is 0 Å². The molecule has 1 aromatic carbocycles. The van der Waals surface area contributed by atoms with Crippen molar-refractivity contribution in [3.63, 3.8) is 0 Å². The highest BCUT2D eigenvalue weighted by Gasteiger charge is 2.12. The van der Waals surface area contributed by atoms with Crippen LogP contribution in [0.25, 0.3) is 10.9 Å². The summed E-state index contributed by atoms with van der Waals surface area (Å²) in [6.07, 6.45) is 0. The molecule has 0 unspecified atom stereocenters. The molecule has 0 bridgehead atoms. The average molecular weight is 267 g/mol. The molecular weight excluding hydrogens is 252 g/mol. The predicted octanol–water partition coefficient (Wildman–Crippen LogP) is 2.34. The lowest BCUT2D eigenvalue weighted by Crippen LogP contribution is -2.25. The highest BCUT2D eigenvalue weighted by atomic mass is 35.5. The first-order valence-electron chi connectivity index (χ1n) is 5.88. The molecule has 0 spiro atoms. The summed E-state index contributed by atoms with van der Waals surface area (Å²) in [6, 6.07) is 5.44. The molecule has 0 N–H and O–H groups in total. The van der Waals surface area contributed by atoms with Crippen LogP contribution in [0.1, 0.15) is 12.7 Å². The van der Waals surface area contributed by atoms with Gasteiger partial charge in [-0.15, -0.1) is 11.6 Å². The average Bonchev–Trinajstić information content (AvgIpc) is 2.34. The highest BCUT2D eigenvalue weighted by Crippen LogP contribution is 2.21. The van der Waals surface area contributed by atoms with E-state index >= 15 is 0 Å². The van der Waals surface area contributed by atoms with Crippen LogP contribution in [0.3, 0.4) is 0 Å². The van der Waals surface area contributed by atoms with E-state index in [9.17, 15) is 4.79 Å². The molecule has 4 nitrogen and oxygen atoms in total. The molecule has 0 radical (unpaired) electrons. The van der Waals surface area contributed by atoms with Crippen LogP contribution in [0, 0.1) is 6.92 Å². The maximum atomic E-state index is 12.4. The molecule has 2 aromatic rings. The van der Waals surface area contributed by atoms with Gasteiger partial charge in [-0.3, -0.25) is 9.36 Å². The van der Waals surface area contributed by atoms with Crippen LogP contribution in [0.15, 0.2) is 23.0 Å². The molecule has 1 aromatic heterocycles. The minimum absolute atomic E-state index is 0.0952. The Kier molecular flexibility index (Phi) is 3.87. The van der Waals surface area contributed by atoms with Gasteiger partial charge in [-0.05, 0) is 26.0 Å². The maximum absolute atomic E-state index is 12.4. The number of fused-ring (bicyclic) bond motifs is 1. The number of ether oxygens (including phenoxy) is 1. The molecule has 0 aliphatic rings. The van der Waals surface area contributed by atoms with Crippen LogP contribution in [0.5, 0.6) is 5.75 Å². The molecule has 0 aliphatic carbocycles. The minimum Gasteiger partial charge on any atom is -0.493 e. The minimum atomic E-state index is -0.0952. The van der Waals surface area contributed by atoms with Gasteiger partial charge in [0.05, 0.1) is 12.1 Å². The molecule has 5 heteroatoms. The van der Waals surface area contributed by atoms with E-state index in [0.29, 0.717) is 41.5 Å². The zero-order chi connectivity index (χ0) is 13.1. The van der Waals surface area contributed by atoms with E-state index in [4.69, 9.17) is 16.3 Å². The molecule has 0 aliphatic heterocycles. The van der Waals surface area contributed by atoms with E-state index in [0.717, 1.165) is 0 Å². The van der Waals surface area contributed by atoms with Crippen LogP contribution in [0.2, 0.25) is 0 Å². The van der Waals surface area contributed by atoms with Crippen molar-refractivity contribution in [3.05, 3.63) is 34.4 Å². The number of hydrogen-bond acceptors (Lipinski definition) is 3. The van der Waals surface area contributed by atoms with Crippen LogP contribution in [-0.2, 0) is 6.54 Å². The van der Waals surface area contributed by atoms with Crippen molar-refractivity contribution >= 4 is 22.5 Å². The lowest BCUT2D eigenvalue weighted by atomic mass is 10.2. The van der Waals surface area contributed by atoms with Crippen LogP contribution in [0.4, 0.5) is 0 Å². The number of halogens is 1. The smallest absolute Gasteiger partial charge is 0.265 e. The number of rotatable bonds is 4. The van der Waals surface area contributed by atoms with Crippen molar-refractivity contribution in [1.29, 1.82) is 0 Å². The first-order chi connectivity index (χ1) is 8.69. The number of hydrogen-bond donors (Lipinski definition) is 0. The lowest BCUT2D eigenvalue weighted by Gasteiger charge is -2.11.